The summed E-state index contributed by atoms with van der Waals surface area (Å²) >= 11 is 5.00. The molecule has 10 heteroatoms. The number of nitrogens with one attached hydrogen (secondary N) is 3. The summed E-state index contributed by atoms with van der Waals surface area (Å²) < 4.78 is 45.3. The Bertz CT molecular complexity index is 816. The zero-order valence-electron chi connectivity index (χ0n) is 14.2. The summed E-state index contributed by atoms with van der Waals surface area (Å²) in [4.78, 5) is 11.4. The first-order chi connectivity index (χ1) is 12.2. The molecule has 0 aliphatic heterocycles. The standard InChI is InChI=1S/C16H17F3N4O2S/c1-4-25-16(24)21-15(26)20-14-11(13(7(2)3)22-23-14)8-5-9(17)12(19)10(18)6-8/h5-7H,4H2,1-3H3,(H3,20,21,22,23,24,26). The molecule has 2 rings (SSSR count). The van der Waals surface area contributed by atoms with Gasteiger partial charge in [-0.3, -0.25) is 10.4 Å². The summed E-state index contributed by atoms with van der Waals surface area (Å²) in [6, 6.07) is 1.73. The van der Waals surface area contributed by atoms with Gasteiger partial charge in [-0.2, -0.15) is 5.10 Å². The van der Waals surface area contributed by atoms with Gasteiger partial charge in [0.1, 0.15) is 0 Å². The third-order valence-corrected chi connectivity index (χ3v) is 3.57. The van der Waals surface area contributed by atoms with Crippen molar-refractivity contribution in [3.8, 4) is 11.1 Å². The highest BCUT2D eigenvalue weighted by Crippen LogP contribution is 2.35. The highest BCUT2D eigenvalue weighted by molar-refractivity contribution is 7.80. The van der Waals surface area contributed by atoms with Crippen LogP contribution in [0.2, 0.25) is 0 Å². The number of aromatic amines is 1. The number of anilines is 1. The van der Waals surface area contributed by atoms with Crippen molar-refractivity contribution in [3.05, 3.63) is 35.3 Å². The number of nitrogens with zero attached hydrogens (tertiary/aromatic N) is 1. The van der Waals surface area contributed by atoms with Gasteiger partial charge in [0.05, 0.1) is 6.61 Å². The number of amides is 1. The second-order valence-corrected chi connectivity index (χ2v) is 5.98. The van der Waals surface area contributed by atoms with Crippen LogP contribution >= 0.6 is 12.2 Å². The van der Waals surface area contributed by atoms with E-state index in [0.29, 0.717) is 11.3 Å². The summed E-state index contributed by atoms with van der Waals surface area (Å²) in [7, 11) is 0. The second-order valence-electron chi connectivity index (χ2n) is 5.57. The fourth-order valence-corrected chi connectivity index (χ4v) is 2.43. The molecule has 0 aliphatic carbocycles. The van der Waals surface area contributed by atoms with E-state index in [9.17, 15) is 18.0 Å². The van der Waals surface area contributed by atoms with E-state index in [2.05, 4.69) is 20.8 Å². The maximum Gasteiger partial charge on any atom is 0.413 e. The first-order valence-corrected chi connectivity index (χ1v) is 8.13. The minimum atomic E-state index is -1.56. The number of ether oxygens (including phenoxy) is 1. The highest BCUT2D eigenvalue weighted by Gasteiger charge is 2.22. The number of halogens is 3. The van der Waals surface area contributed by atoms with E-state index in [-0.39, 0.29) is 29.0 Å². The average Bonchev–Trinajstić information content (AvgIpc) is 2.95. The molecule has 1 aromatic carbocycles. The van der Waals surface area contributed by atoms with Gasteiger partial charge >= 0.3 is 6.09 Å². The number of rotatable bonds is 4. The second kappa shape index (κ2) is 8.17. The van der Waals surface area contributed by atoms with Crippen LogP contribution in [0.4, 0.5) is 23.8 Å². The lowest BCUT2D eigenvalue weighted by atomic mass is 9.99. The normalized spacial score (nSPS) is 10.7. The summed E-state index contributed by atoms with van der Waals surface area (Å²) in [5.74, 6) is -4.17. The summed E-state index contributed by atoms with van der Waals surface area (Å²) in [5, 5.41) is 11.6. The van der Waals surface area contributed by atoms with Crippen molar-refractivity contribution >= 4 is 29.2 Å². The van der Waals surface area contributed by atoms with Gasteiger partial charge in [-0.15, -0.1) is 0 Å². The van der Waals surface area contributed by atoms with Crippen LogP contribution in [0.1, 0.15) is 32.4 Å². The first-order valence-electron chi connectivity index (χ1n) is 7.72. The summed E-state index contributed by atoms with van der Waals surface area (Å²) in [6.45, 7) is 5.47. The lowest BCUT2D eigenvalue weighted by Crippen LogP contribution is -2.34. The van der Waals surface area contributed by atoms with E-state index in [0.717, 1.165) is 12.1 Å². The number of carbonyl (C=O) groups is 1. The van der Waals surface area contributed by atoms with Crippen molar-refractivity contribution in [1.82, 2.24) is 15.5 Å². The molecule has 0 radical (unpaired) electrons. The number of hydrogen-bond donors (Lipinski definition) is 3. The van der Waals surface area contributed by atoms with E-state index in [1.165, 1.54) is 0 Å². The minimum absolute atomic E-state index is 0.0697. The van der Waals surface area contributed by atoms with E-state index in [1.807, 2.05) is 13.8 Å². The van der Waals surface area contributed by atoms with Gasteiger partial charge < -0.3 is 10.1 Å². The third kappa shape index (κ3) is 4.31. The van der Waals surface area contributed by atoms with E-state index < -0.39 is 23.5 Å². The van der Waals surface area contributed by atoms with Crippen molar-refractivity contribution in [2.45, 2.75) is 26.7 Å². The molecule has 0 bridgehead atoms. The van der Waals surface area contributed by atoms with Gasteiger partial charge in [-0.1, -0.05) is 13.8 Å². The Morgan fingerprint density at radius 3 is 2.46 bits per heavy atom. The molecule has 0 unspecified atom stereocenters. The predicted molar refractivity (Wildman–Crippen MR) is 94.4 cm³/mol. The van der Waals surface area contributed by atoms with Crippen LogP contribution in [0.3, 0.4) is 0 Å². The molecule has 0 spiro atoms. The van der Waals surface area contributed by atoms with Crippen molar-refractivity contribution in [2.75, 3.05) is 11.9 Å². The Labute approximate surface area is 153 Å². The number of aromatic nitrogens is 2. The smallest absolute Gasteiger partial charge is 0.413 e. The molecule has 0 saturated carbocycles. The van der Waals surface area contributed by atoms with Crippen LogP contribution in [0, 0.1) is 17.5 Å². The molecule has 26 heavy (non-hydrogen) atoms. The van der Waals surface area contributed by atoms with Gasteiger partial charge in [0.2, 0.25) is 0 Å². The van der Waals surface area contributed by atoms with Crippen molar-refractivity contribution in [3.63, 3.8) is 0 Å². The van der Waals surface area contributed by atoms with Crippen LogP contribution < -0.4 is 10.6 Å². The fraction of sp³-hybridized carbons (Fsp3) is 0.312. The molecule has 0 atom stereocenters. The van der Waals surface area contributed by atoms with E-state index in [4.69, 9.17) is 17.0 Å². The number of H-pyrrole nitrogens is 1. The minimum Gasteiger partial charge on any atom is -0.450 e. The molecule has 3 N–H and O–H groups in total. The van der Waals surface area contributed by atoms with Crippen LogP contribution in [-0.4, -0.2) is 28.0 Å². The van der Waals surface area contributed by atoms with Crippen molar-refractivity contribution < 1.29 is 22.7 Å². The Morgan fingerprint density at radius 2 is 1.92 bits per heavy atom. The SMILES string of the molecule is CCOC(=O)NC(=S)Nc1n[nH]c(C(C)C)c1-c1cc(F)c(F)c(F)c1. The number of benzene rings is 1. The number of carbonyl (C=O) groups excluding carboxylic acids is 1. The largest absolute Gasteiger partial charge is 0.450 e. The van der Waals surface area contributed by atoms with Crippen molar-refractivity contribution in [1.29, 1.82) is 0 Å². The lowest BCUT2D eigenvalue weighted by Gasteiger charge is -2.12. The number of thiocarbonyl (C=S) groups is 1. The van der Waals surface area contributed by atoms with E-state index in [1.54, 1.807) is 6.92 Å². The van der Waals surface area contributed by atoms with Crippen LogP contribution in [-0.2, 0) is 4.74 Å². The van der Waals surface area contributed by atoms with Gasteiger partial charge in [-0.05, 0) is 42.8 Å². The molecule has 0 aliphatic rings. The maximum absolute atomic E-state index is 13.7. The molecular weight excluding hydrogens is 369 g/mol. The topological polar surface area (TPSA) is 79.0 Å². The number of alkyl carbamates (subject to hydrolysis) is 1. The first kappa shape index (κ1) is 19.7. The van der Waals surface area contributed by atoms with Crippen molar-refractivity contribution in [2.24, 2.45) is 0 Å². The monoisotopic (exact) mass is 386 g/mol. The molecule has 0 saturated heterocycles. The van der Waals surface area contributed by atoms with Gasteiger partial charge in [-0.25, -0.2) is 18.0 Å². The number of hydrogen-bond acceptors (Lipinski definition) is 4. The Kier molecular flexibility index (Phi) is 6.19. The van der Waals surface area contributed by atoms with Crippen LogP contribution in [0.25, 0.3) is 11.1 Å². The maximum atomic E-state index is 13.7. The van der Waals surface area contributed by atoms with Gasteiger partial charge in [0.25, 0.3) is 0 Å². The molecule has 6 nitrogen and oxygen atoms in total. The molecule has 140 valence electrons. The molecule has 0 fully saturated rings. The quantitative estimate of drug-likeness (QED) is 0.546. The zero-order valence-corrected chi connectivity index (χ0v) is 15.1. The zero-order chi connectivity index (χ0) is 19.4. The van der Waals surface area contributed by atoms with Crippen LogP contribution in [0.5, 0.6) is 0 Å². The Morgan fingerprint density at radius 1 is 1.31 bits per heavy atom. The lowest BCUT2D eigenvalue weighted by molar-refractivity contribution is 0.158. The average molecular weight is 386 g/mol. The molecule has 1 aromatic heterocycles. The Hall–Kier alpha value is -2.62. The third-order valence-electron chi connectivity index (χ3n) is 3.37. The van der Waals surface area contributed by atoms with E-state index >= 15 is 0 Å². The molecule has 2 aromatic rings. The molecular formula is C16H17F3N4O2S. The fourth-order valence-electron chi connectivity index (χ4n) is 2.25. The molecule has 1 amide bonds. The van der Waals surface area contributed by atoms with Crippen LogP contribution in [0.15, 0.2) is 12.1 Å². The predicted octanol–water partition coefficient (Wildman–Crippen LogP) is 4.06. The summed E-state index contributed by atoms with van der Waals surface area (Å²) in [6.07, 6.45) is -0.759. The van der Waals surface area contributed by atoms with Gasteiger partial charge in [0.15, 0.2) is 28.4 Å². The van der Waals surface area contributed by atoms with Gasteiger partial charge in [0, 0.05) is 11.3 Å². The summed E-state index contributed by atoms with van der Waals surface area (Å²) in [5.41, 5.74) is 0.933. The molecule has 1 heterocycles. The Balaban J connectivity index is 2.41. The highest BCUT2D eigenvalue weighted by atomic mass is 32.1.